The number of piperazine rings is 1. The number of nitrogens with zero attached hydrogens (tertiary/aromatic N) is 3. The minimum absolute atomic E-state index is 0.167. The minimum atomic E-state index is -0.531. The van der Waals surface area contributed by atoms with Gasteiger partial charge in [0.05, 0.1) is 27.1 Å². The Morgan fingerprint density at radius 3 is 2.36 bits per heavy atom. The second-order valence-electron chi connectivity index (χ2n) is 9.54. The second-order valence-corrected chi connectivity index (χ2v) is 11.8. The van der Waals surface area contributed by atoms with Crippen molar-refractivity contribution in [1.82, 2.24) is 9.80 Å². The first kappa shape index (κ1) is 30.1. The molecule has 0 bridgehead atoms. The zero-order valence-electron chi connectivity index (χ0n) is 22.5. The molecule has 0 aliphatic carbocycles. The van der Waals surface area contributed by atoms with Crippen molar-refractivity contribution in [3.63, 3.8) is 0 Å². The van der Waals surface area contributed by atoms with E-state index in [2.05, 4.69) is 4.90 Å². The summed E-state index contributed by atoms with van der Waals surface area (Å²) in [7, 11) is 1.47. The molecule has 2 heterocycles. The van der Waals surface area contributed by atoms with Gasteiger partial charge in [0.2, 0.25) is 5.91 Å². The molecule has 8 nitrogen and oxygen atoms in total. The Morgan fingerprint density at radius 2 is 1.67 bits per heavy atom. The molecule has 2 fully saturated rings. The van der Waals surface area contributed by atoms with Crippen LogP contribution in [0.15, 0.2) is 65.6 Å². The van der Waals surface area contributed by atoms with Crippen LogP contribution in [0.1, 0.15) is 11.1 Å². The molecule has 3 aromatic carbocycles. The van der Waals surface area contributed by atoms with E-state index in [-0.39, 0.29) is 29.0 Å². The third-order valence-electron chi connectivity index (χ3n) is 6.84. The van der Waals surface area contributed by atoms with E-state index in [4.69, 9.17) is 44.3 Å². The first-order valence-electron chi connectivity index (χ1n) is 13.0. The molecule has 2 saturated heterocycles. The van der Waals surface area contributed by atoms with Gasteiger partial charge in [-0.3, -0.25) is 19.3 Å². The van der Waals surface area contributed by atoms with Crippen LogP contribution in [-0.2, 0) is 16.2 Å². The Labute approximate surface area is 262 Å². The van der Waals surface area contributed by atoms with Crippen LogP contribution in [-0.4, -0.2) is 66.7 Å². The predicted molar refractivity (Wildman–Crippen MR) is 167 cm³/mol. The highest BCUT2D eigenvalue weighted by Crippen LogP contribution is 2.39. The first-order valence-corrected chi connectivity index (χ1v) is 15.0. The first-order chi connectivity index (χ1) is 20.2. The molecule has 2 aliphatic rings. The van der Waals surface area contributed by atoms with Gasteiger partial charge in [-0.1, -0.05) is 59.1 Å². The van der Waals surface area contributed by atoms with Gasteiger partial charge in [0, 0.05) is 31.9 Å². The maximum absolute atomic E-state index is 13.1. The molecule has 0 spiro atoms. The Morgan fingerprint density at radius 1 is 0.929 bits per heavy atom. The number of methoxy groups -OCH3 is 1. The highest BCUT2D eigenvalue weighted by Gasteiger charge is 2.37. The van der Waals surface area contributed by atoms with Gasteiger partial charge in [-0.25, -0.2) is 0 Å². The Bertz CT molecular complexity index is 1540. The number of benzene rings is 3. The number of halogens is 3. The topological polar surface area (TPSA) is 79.4 Å². The van der Waals surface area contributed by atoms with Crippen LogP contribution in [0.4, 0.5) is 10.5 Å². The van der Waals surface area contributed by atoms with Crippen LogP contribution in [0.3, 0.4) is 0 Å². The van der Waals surface area contributed by atoms with Gasteiger partial charge in [-0.2, -0.15) is 0 Å². The van der Waals surface area contributed by atoms with Crippen molar-refractivity contribution >= 4 is 75.4 Å². The molecule has 2 aliphatic heterocycles. The Balaban J connectivity index is 1.22. The van der Waals surface area contributed by atoms with Crippen molar-refractivity contribution in [3.05, 3.63) is 91.8 Å². The van der Waals surface area contributed by atoms with Crippen molar-refractivity contribution in [2.75, 3.05) is 44.7 Å². The summed E-state index contributed by atoms with van der Waals surface area (Å²) in [5.41, 5.74) is 2.42. The zero-order valence-corrected chi connectivity index (χ0v) is 25.6. The number of rotatable bonds is 8. The number of anilines is 1. The number of para-hydroxylation sites is 1. The lowest BCUT2D eigenvalue weighted by molar-refractivity contribution is -0.136. The monoisotopic (exact) mass is 645 g/mol. The van der Waals surface area contributed by atoms with E-state index in [0.717, 1.165) is 27.9 Å². The standard InChI is InChI=1S/C30H26Cl3N3O5S/c1-40-25-15-20(14-24(33)28(25)41-18-19-7-8-22(31)23(32)13-19)16-26-29(38)36(30(39)42-26)17-27(37)35-11-9-34(10-12-35)21-5-3-2-4-6-21/h2-8,13-16H,9-12,17-18H2,1H3/b26-16+. The molecule has 3 amide bonds. The van der Waals surface area contributed by atoms with Gasteiger partial charge >= 0.3 is 0 Å². The molecule has 42 heavy (non-hydrogen) atoms. The lowest BCUT2D eigenvalue weighted by Gasteiger charge is -2.36. The second kappa shape index (κ2) is 13.3. The van der Waals surface area contributed by atoms with Crippen LogP contribution in [0.25, 0.3) is 6.08 Å². The van der Waals surface area contributed by atoms with Crippen molar-refractivity contribution in [1.29, 1.82) is 0 Å². The van der Waals surface area contributed by atoms with E-state index in [1.165, 1.54) is 7.11 Å². The number of carbonyl (C=O) groups is 3. The smallest absolute Gasteiger partial charge is 0.294 e. The predicted octanol–water partition coefficient (Wildman–Crippen LogP) is 6.62. The van der Waals surface area contributed by atoms with Gasteiger partial charge in [-0.05, 0) is 65.4 Å². The van der Waals surface area contributed by atoms with Gasteiger partial charge in [0.1, 0.15) is 13.2 Å². The van der Waals surface area contributed by atoms with Crippen molar-refractivity contribution in [2.24, 2.45) is 0 Å². The van der Waals surface area contributed by atoms with Crippen molar-refractivity contribution < 1.29 is 23.9 Å². The van der Waals surface area contributed by atoms with Gasteiger partial charge in [0.25, 0.3) is 11.1 Å². The molecule has 3 aromatic rings. The number of hydrogen-bond donors (Lipinski definition) is 0. The zero-order chi connectivity index (χ0) is 29.8. The third kappa shape index (κ3) is 6.81. The summed E-state index contributed by atoms with van der Waals surface area (Å²) in [6.07, 6.45) is 1.55. The van der Waals surface area contributed by atoms with E-state index >= 15 is 0 Å². The van der Waals surface area contributed by atoms with Crippen LogP contribution in [0.2, 0.25) is 15.1 Å². The number of amides is 3. The highest BCUT2D eigenvalue weighted by molar-refractivity contribution is 8.18. The quantitative estimate of drug-likeness (QED) is 0.255. The van der Waals surface area contributed by atoms with E-state index in [0.29, 0.717) is 53.3 Å². The molecule has 0 N–H and O–H groups in total. The van der Waals surface area contributed by atoms with Gasteiger partial charge in [0.15, 0.2) is 11.5 Å². The van der Waals surface area contributed by atoms with E-state index < -0.39 is 11.1 Å². The maximum atomic E-state index is 13.1. The van der Waals surface area contributed by atoms with Crippen molar-refractivity contribution in [2.45, 2.75) is 6.61 Å². The average Bonchev–Trinajstić information content (AvgIpc) is 3.25. The summed E-state index contributed by atoms with van der Waals surface area (Å²) < 4.78 is 11.4. The van der Waals surface area contributed by atoms with E-state index in [9.17, 15) is 14.4 Å². The lowest BCUT2D eigenvalue weighted by atomic mass is 10.1. The molecule has 0 radical (unpaired) electrons. The summed E-state index contributed by atoms with van der Waals surface area (Å²) in [4.78, 5) is 43.9. The molecule has 218 valence electrons. The van der Waals surface area contributed by atoms with Crippen LogP contribution >= 0.6 is 46.6 Å². The number of thioether (sulfide) groups is 1. The van der Waals surface area contributed by atoms with Crippen LogP contribution < -0.4 is 14.4 Å². The van der Waals surface area contributed by atoms with Crippen LogP contribution in [0, 0.1) is 0 Å². The van der Waals surface area contributed by atoms with Gasteiger partial charge < -0.3 is 19.3 Å². The van der Waals surface area contributed by atoms with E-state index in [1.54, 1.807) is 41.3 Å². The SMILES string of the molecule is COc1cc(/C=C2/SC(=O)N(CC(=O)N3CCN(c4ccccc4)CC3)C2=O)cc(Cl)c1OCc1ccc(Cl)c(Cl)c1. The van der Waals surface area contributed by atoms with E-state index in [1.807, 2.05) is 30.3 Å². The molecule has 12 heteroatoms. The van der Waals surface area contributed by atoms with Crippen LogP contribution in [0.5, 0.6) is 11.5 Å². The highest BCUT2D eigenvalue weighted by atomic mass is 35.5. The molecular formula is C30H26Cl3N3O5S. The number of carbonyl (C=O) groups excluding carboxylic acids is 3. The molecule has 0 aromatic heterocycles. The fourth-order valence-corrected chi connectivity index (χ4v) is 6.06. The fraction of sp³-hybridized carbons (Fsp3) is 0.233. The molecule has 5 rings (SSSR count). The third-order valence-corrected chi connectivity index (χ3v) is 8.76. The number of ether oxygens (including phenoxy) is 2. The summed E-state index contributed by atoms with van der Waals surface area (Å²) in [5, 5.41) is 0.607. The number of imide groups is 1. The lowest BCUT2D eigenvalue weighted by Crippen LogP contribution is -2.51. The minimum Gasteiger partial charge on any atom is -0.493 e. The largest absolute Gasteiger partial charge is 0.493 e. The summed E-state index contributed by atoms with van der Waals surface area (Å²) in [5.74, 6) is -0.137. The molecular weight excluding hydrogens is 621 g/mol. The Hall–Kier alpha value is -3.37. The fourth-order valence-electron chi connectivity index (χ4n) is 4.62. The summed E-state index contributed by atoms with van der Waals surface area (Å²) in [6, 6.07) is 18.4. The molecule has 0 atom stereocenters. The summed E-state index contributed by atoms with van der Waals surface area (Å²) in [6.45, 7) is 2.23. The molecule has 0 unspecified atom stereocenters. The average molecular weight is 647 g/mol. The summed E-state index contributed by atoms with van der Waals surface area (Å²) >= 11 is 19.4. The maximum Gasteiger partial charge on any atom is 0.294 e. The molecule has 0 saturated carbocycles. The number of hydrogen-bond acceptors (Lipinski definition) is 7. The Kier molecular flexibility index (Phi) is 9.53. The van der Waals surface area contributed by atoms with Crippen molar-refractivity contribution in [3.8, 4) is 11.5 Å². The van der Waals surface area contributed by atoms with Gasteiger partial charge in [-0.15, -0.1) is 0 Å². The normalized spacial score (nSPS) is 16.4.